The minimum Gasteiger partial charge on any atom is -0.507 e. The molecule has 2 aliphatic heterocycles. The first-order valence-corrected chi connectivity index (χ1v) is 10.1. The third-order valence-electron chi connectivity index (χ3n) is 5.64. The lowest BCUT2D eigenvalue weighted by Gasteiger charge is -2.27. The second kappa shape index (κ2) is 7.92. The van der Waals surface area contributed by atoms with Crippen LogP contribution in [0.15, 0.2) is 66.6 Å². The molecule has 7 heteroatoms. The molecule has 6 nitrogen and oxygen atoms in total. The number of alkyl halides is 1. The van der Waals surface area contributed by atoms with Gasteiger partial charge in [-0.3, -0.25) is 9.97 Å². The van der Waals surface area contributed by atoms with Crippen molar-refractivity contribution in [1.82, 2.24) is 20.3 Å². The fraction of sp³-hybridized carbons (Fsp3) is 0.208. The Morgan fingerprint density at radius 3 is 2.74 bits per heavy atom. The highest BCUT2D eigenvalue weighted by molar-refractivity contribution is 5.74. The highest BCUT2D eigenvalue weighted by Gasteiger charge is 2.34. The van der Waals surface area contributed by atoms with Gasteiger partial charge in [-0.2, -0.15) is 0 Å². The molecule has 1 fully saturated rings. The molecular weight excluding hydrogens is 395 g/mol. The van der Waals surface area contributed by atoms with E-state index < -0.39 is 6.17 Å². The van der Waals surface area contributed by atoms with Crippen LogP contribution in [0.4, 0.5) is 4.39 Å². The number of rotatable bonds is 4. The Balaban J connectivity index is 1.38. The zero-order valence-electron chi connectivity index (χ0n) is 16.9. The summed E-state index contributed by atoms with van der Waals surface area (Å²) < 4.78 is 19.7. The molecule has 5 rings (SSSR count). The van der Waals surface area contributed by atoms with E-state index in [-0.39, 0.29) is 17.8 Å². The zero-order valence-corrected chi connectivity index (χ0v) is 16.9. The van der Waals surface area contributed by atoms with Crippen LogP contribution >= 0.6 is 0 Å². The number of hydrogen-bond acceptors (Lipinski definition) is 6. The maximum absolute atomic E-state index is 14.6. The van der Waals surface area contributed by atoms with Gasteiger partial charge < -0.3 is 15.2 Å². The Kier molecular flexibility index (Phi) is 4.95. The van der Waals surface area contributed by atoms with Crippen LogP contribution in [-0.4, -0.2) is 45.4 Å². The summed E-state index contributed by atoms with van der Waals surface area (Å²) in [5.41, 5.74) is 4.15. The first-order chi connectivity index (χ1) is 15.1. The van der Waals surface area contributed by atoms with Crippen LogP contribution in [-0.2, 0) is 0 Å². The van der Waals surface area contributed by atoms with Crippen molar-refractivity contribution in [3.63, 3.8) is 0 Å². The summed E-state index contributed by atoms with van der Waals surface area (Å²) in [6.07, 6.45) is 10.1. The Bertz CT molecular complexity index is 1180. The largest absolute Gasteiger partial charge is 0.507 e. The number of fused-ring (bicyclic) bond motifs is 2. The molecule has 0 aliphatic carbocycles. The van der Waals surface area contributed by atoms with E-state index in [1.807, 2.05) is 24.3 Å². The number of benzene rings is 1. The number of ether oxygens (including phenoxy) is 1. The van der Waals surface area contributed by atoms with Crippen molar-refractivity contribution in [2.45, 2.75) is 24.7 Å². The highest BCUT2D eigenvalue weighted by Crippen LogP contribution is 2.33. The predicted molar refractivity (Wildman–Crippen MR) is 116 cm³/mol. The van der Waals surface area contributed by atoms with Gasteiger partial charge in [-0.1, -0.05) is 18.2 Å². The van der Waals surface area contributed by atoms with Gasteiger partial charge in [0.15, 0.2) is 0 Å². The monoisotopic (exact) mass is 416 g/mol. The van der Waals surface area contributed by atoms with Crippen LogP contribution in [0.2, 0.25) is 0 Å². The van der Waals surface area contributed by atoms with Crippen LogP contribution in [0.1, 0.15) is 12.1 Å². The van der Waals surface area contributed by atoms with Gasteiger partial charge in [0.25, 0.3) is 0 Å². The van der Waals surface area contributed by atoms with Crippen molar-refractivity contribution in [2.24, 2.45) is 0 Å². The number of nitrogens with zero attached hydrogens (tertiary/aromatic N) is 3. The fourth-order valence-electron chi connectivity index (χ4n) is 4.03. The SMILES string of the molecule is COc1cc(-c2ccc(-c3cnc(/C=C4\C[C@H]5C=C[C@H](N5)[C@@H]4F)cn3)c(O)c2)ccn1. The lowest BCUT2D eigenvalue weighted by Crippen LogP contribution is -2.43. The molecule has 1 aromatic carbocycles. The number of hydrogen-bond donors (Lipinski definition) is 2. The molecule has 31 heavy (non-hydrogen) atoms. The molecule has 156 valence electrons. The molecule has 4 heterocycles. The van der Waals surface area contributed by atoms with Crippen LogP contribution in [0.3, 0.4) is 0 Å². The maximum Gasteiger partial charge on any atom is 0.213 e. The van der Waals surface area contributed by atoms with E-state index in [2.05, 4.69) is 20.3 Å². The van der Waals surface area contributed by atoms with Gasteiger partial charge in [-0.25, -0.2) is 9.37 Å². The van der Waals surface area contributed by atoms with Gasteiger partial charge in [0, 0.05) is 23.9 Å². The van der Waals surface area contributed by atoms with E-state index in [9.17, 15) is 9.50 Å². The molecule has 0 saturated carbocycles. The van der Waals surface area contributed by atoms with Gasteiger partial charge in [-0.05, 0) is 47.4 Å². The summed E-state index contributed by atoms with van der Waals surface area (Å²) in [5, 5.41) is 13.8. The molecule has 2 aliphatic rings. The average Bonchev–Trinajstić information content (AvgIpc) is 3.21. The van der Waals surface area contributed by atoms with Gasteiger partial charge >= 0.3 is 0 Å². The van der Waals surface area contributed by atoms with Crippen LogP contribution in [0.5, 0.6) is 11.6 Å². The van der Waals surface area contributed by atoms with Crippen LogP contribution in [0.25, 0.3) is 28.5 Å². The number of nitrogens with one attached hydrogen (secondary N) is 1. The number of phenols is 1. The van der Waals surface area contributed by atoms with Gasteiger partial charge in [0.1, 0.15) is 11.9 Å². The molecule has 0 radical (unpaired) electrons. The van der Waals surface area contributed by atoms with Crippen molar-refractivity contribution in [2.75, 3.05) is 7.11 Å². The number of aromatic hydroxyl groups is 1. The average molecular weight is 416 g/mol. The normalized spacial score (nSPS) is 23.3. The smallest absolute Gasteiger partial charge is 0.213 e. The van der Waals surface area contributed by atoms with E-state index in [1.165, 1.54) is 0 Å². The van der Waals surface area contributed by atoms with Crippen LogP contribution in [0, 0.1) is 0 Å². The van der Waals surface area contributed by atoms with Crippen molar-refractivity contribution >= 4 is 6.08 Å². The summed E-state index contributed by atoms with van der Waals surface area (Å²) in [7, 11) is 1.56. The molecule has 3 atom stereocenters. The fourth-order valence-corrected chi connectivity index (χ4v) is 4.03. The lowest BCUT2D eigenvalue weighted by molar-refractivity contribution is 0.285. The Morgan fingerprint density at radius 1 is 1.10 bits per heavy atom. The number of halogens is 1. The topological polar surface area (TPSA) is 80.2 Å². The Morgan fingerprint density at radius 2 is 1.97 bits per heavy atom. The lowest BCUT2D eigenvalue weighted by atomic mass is 9.95. The van der Waals surface area contributed by atoms with Crippen LogP contribution < -0.4 is 10.1 Å². The van der Waals surface area contributed by atoms with Crippen molar-refractivity contribution in [3.05, 3.63) is 72.3 Å². The molecule has 0 amide bonds. The van der Waals surface area contributed by atoms with E-state index in [1.54, 1.807) is 50.0 Å². The van der Waals surface area contributed by atoms with Crippen molar-refractivity contribution in [3.8, 4) is 34.0 Å². The van der Waals surface area contributed by atoms with Gasteiger partial charge in [0.05, 0.1) is 36.9 Å². The molecule has 0 unspecified atom stereocenters. The number of phenolic OH excluding ortho intramolecular Hbond substituents is 1. The third kappa shape index (κ3) is 3.80. The predicted octanol–water partition coefficient (Wildman–Crippen LogP) is 3.94. The summed E-state index contributed by atoms with van der Waals surface area (Å²) in [5.74, 6) is 0.600. The number of methoxy groups -OCH3 is 1. The minimum atomic E-state index is -1.06. The van der Waals surface area contributed by atoms with Crippen molar-refractivity contribution in [1.29, 1.82) is 0 Å². The van der Waals surface area contributed by atoms with E-state index in [0.717, 1.165) is 16.7 Å². The zero-order chi connectivity index (χ0) is 21.4. The van der Waals surface area contributed by atoms with E-state index in [4.69, 9.17) is 4.74 Å². The second-order valence-corrected chi connectivity index (χ2v) is 7.65. The standard InChI is InChI=1S/C24H21FN4O2/c1-31-23-11-15(6-7-26-23)14-2-4-19(22(30)10-14)21-13-27-18(12-28-21)9-16-8-17-3-5-20(29-17)24(16)25/h2-7,9-13,17,20,24,29-30H,8H2,1H3/b16-9+/t17-,20+,24-/m1/s1. The summed E-state index contributed by atoms with van der Waals surface area (Å²) >= 11 is 0. The summed E-state index contributed by atoms with van der Waals surface area (Å²) in [6, 6.07) is 8.95. The highest BCUT2D eigenvalue weighted by atomic mass is 19.1. The summed E-state index contributed by atoms with van der Waals surface area (Å²) in [6.45, 7) is 0. The first-order valence-electron chi connectivity index (χ1n) is 10.1. The number of aromatic nitrogens is 3. The van der Waals surface area contributed by atoms with E-state index in [0.29, 0.717) is 29.3 Å². The Hall–Kier alpha value is -3.58. The van der Waals surface area contributed by atoms with Gasteiger partial charge in [-0.15, -0.1) is 0 Å². The minimum absolute atomic E-state index is 0.0958. The number of pyridine rings is 1. The molecule has 3 aromatic rings. The van der Waals surface area contributed by atoms with Crippen molar-refractivity contribution < 1.29 is 14.2 Å². The Labute approximate surface area is 179 Å². The molecule has 0 spiro atoms. The molecule has 2 N–H and O–H groups in total. The van der Waals surface area contributed by atoms with E-state index >= 15 is 0 Å². The van der Waals surface area contributed by atoms with Gasteiger partial charge in [0.2, 0.25) is 5.88 Å². The molecule has 1 saturated heterocycles. The third-order valence-corrected chi connectivity index (χ3v) is 5.64. The maximum atomic E-state index is 14.6. The molecular formula is C24H21FN4O2. The quantitative estimate of drug-likeness (QED) is 0.627. The molecule has 2 bridgehead atoms. The molecule has 2 aromatic heterocycles. The first kappa shape index (κ1) is 19.4. The summed E-state index contributed by atoms with van der Waals surface area (Å²) in [4.78, 5) is 12.9. The second-order valence-electron chi connectivity index (χ2n) is 7.65. The number of piperidine rings is 1.